The molecule has 0 unspecified atom stereocenters. The number of thiophene rings is 1. The molecule has 2 nitrogen and oxygen atoms in total. The number of hydrogen-bond acceptors (Lipinski definition) is 2. The van der Waals surface area contributed by atoms with Crippen LogP contribution in [0.4, 0.5) is 0 Å². The van der Waals surface area contributed by atoms with Crippen molar-refractivity contribution in [3.8, 4) is 33.5 Å². The smallest absolute Gasteiger partial charge is 0.156 e. The van der Waals surface area contributed by atoms with Gasteiger partial charge in [-0.05, 0) is 101 Å². The summed E-state index contributed by atoms with van der Waals surface area (Å²) in [4.78, 5) is 5.45. The second-order valence-electron chi connectivity index (χ2n) is 15.5. The molecular weight excluding hydrogens is 721 g/mol. The van der Waals surface area contributed by atoms with E-state index in [0.717, 1.165) is 27.9 Å². The summed E-state index contributed by atoms with van der Waals surface area (Å²) in [6, 6.07) is 71.4. The second kappa shape index (κ2) is 12.1. The van der Waals surface area contributed by atoms with Crippen molar-refractivity contribution in [2.45, 2.75) is 0 Å². The number of nitrogens with zero attached hydrogens (tertiary/aromatic N) is 2. The van der Waals surface area contributed by atoms with Gasteiger partial charge in [-0.2, -0.15) is 0 Å². The van der Waals surface area contributed by atoms with Gasteiger partial charge in [0.15, 0.2) is 5.65 Å². The molecule has 13 rings (SSSR count). The number of benzene rings is 10. The first kappa shape index (κ1) is 31.8. The molecule has 3 heteroatoms. The first-order valence-corrected chi connectivity index (χ1v) is 20.7. The van der Waals surface area contributed by atoms with Gasteiger partial charge in [0.1, 0.15) is 0 Å². The van der Waals surface area contributed by atoms with Crippen LogP contribution in [0.1, 0.15) is 0 Å². The van der Waals surface area contributed by atoms with Crippen LogP contribution in [0.2, 0.25) is 0 Å². The Bertz CT molecular complexity index is 3800. The van der Waals surface area contributed by atoms with E-state index in [1.165, 1.54) is 96.3 Å². The van der Waals surface area contributed by atoms with Crippen molar-refractivity contribution in [1.82, 2.24) is 9.38 Å². The van der Waals surface area contributed by atoms with E-state index < -0.39 is 0 Å². The van der Waals surface area contributed by atoms with Gasteiger partial charge in [-0.25, -0.2) is 4.98 Å². The van der Waals surface area contributed by atoms with Crippen molar-refractivity contribution >= 4 is 102 Å². The third kappa shape index (κ3) is 4.56. The molecule has 0 aliphatic carbocycles. The normalized spacial score (nSPS) is 12.1. The molecule has 0 radical (unpaired) electrons. The lowest BCUT2D eigenvalue weighted by molar-refractivity contribution is 1.25. The number of rotatable bonds is 3. The maximum absolute atomic E-state index is 5.45. The Labute approximate surface area is 337 Å². The lowest BCUT2D eigenvalue weighted by Crippen LogP contribution is -1.93. The lowest BCUT2D eigenvalue weighted by Gasteiger charge is -2.12. The summed E-state index contributed by atoms with van der Waals surface area (Å²) in [7, 11) is 0. The summed E-state index contributed by atoms with van der Waals surface area (Å²) in [6.07, 6.45) is 0. The third-order valence-electron chi connectivity index (χ3n) is 12.4. The minimum absolute atomic E-state index is 1.01. The maximum Gasteiger partial charge on any atom is 0.156 e. The molecule has 0 bridgehead atoms. The van der Waals surface area contributed by atoms with E-state index in [2.05, 4.69) is 199 Å². The van der Waals surface area contributed by atoms with Crippen LogP contribution in [-0.4, -0.2) is 9.38 Å². The molecule has 0 saturated carbocycles. The van der Waals surface area contributed by atoms with E-state index >= 15 is 0 Å². The van der Waals surface area contributed by atoms with Gasteiger partial charge < -0.3 is 0 Å². The third-order valence-corrected chi connectivity index (χ3v) is 13.5. The largest absolute Gasteiger partial charge is 0.291 e. The predicted molar refractivity (Wildman–Crippen MR) is 249 cm³/mol. The average Bonchev–Trinajstić information content (AvgIpc) is 3.89. The monoisotopic (exact) mass is 752 g/mol. The zero-order valence-corrected chi connectivity index (χ0v) is 32.1. The molecule has 0 aliphatic heterocycles. The van der Waals surface area contributed by atoms with Crippen molar-refractivity contribution in [2.75, 3.05) is 0 Å². The van der Waals surface area contributed by atoms with Gasteiger partial charge in [-0.15, -0.1) is 11.3 Å². The van der Waals surface area contributed by atoms with Crippen molar-refractivity contribution in [1.29, 1.82) is 0 Å². The molecule has 13 aromatic rings. The summed E-state index contributed by atoms with van der Waals surface area (Å²) in [5.74, 6) is 0. The topological polar surface area (TPSA) is 17.3 Å². The van der Waals surface area contributed by atoms with Crippen LogP contribution in [0.5, 0.6) is 0 Å². The molecule has 58 heavy (non-hydrogen) atoms. The Hall–Kier alpha value is -7.33. The fourth-order valence-corrected chi connectivity index (χ4v) is 10.8. The van der Waals surface area contributed by atoms with Gasteiger partial charge in [0, 0.05) is 20.9 Å². The zero-order valence-electron chi connectivity index (χ0n) is 31.3. The molecule has 0 spiro atoms. The number of hydrogen-bond donors (Lipinski definition) is 0. The fraction of sp³-hybridized carbons (Fsp3) is 0. The van der Waals surface area contributed by atoms with Crippen LogP contribution in [0.3, 0.4) is 0 Å². The molecule has 0 atom stereocenters. The fourth-order valence-electron chi connectivity index (χ4n) is 9.59. The molecule has 0 N–H and O–H groups in total. The highest BCUT2D eigenvalue weighted by Crippen LogP contribution is 2.44. The highest BCUT2D eigenvalue weighted by molar-refractivity contribution is 7.26. The second-order valence-corrected chi connectivity index (χ2v) is 16.5. The van der Waals surface area contributed by atoms with Crippen LogP contribution in [-0.2, 0) is 0 Å². The maximum atomic E-state index is 5.45. The molecule has 3 heterocycles. The summed E-state index contributed by atoms with van der Waals surface area (Å²) in [5.41, 5.74) is 10.3. The molecule has 268 valence electrons. The minimum atomic E-state index is 1.01. The Morgan fingerprint density at radius 3 is 1.53 bits per heavy atom. The first-order valence-electron chi connectivity index (χ1n) is 19.9. The highest BCUT2D eigenvalue weighted by Gasteiger charge is 2.20. The molecule has 10 aromatic carbocycles. The molecule has 0 aliphatic rings. The molecule has 0 fully saturated rings. The van der Waals surface area contributed by atoms with Gasteiger partial charge in [0.25, 0.3) is 0 Å². The van der Waals surface area contributed by atoms with Gasteiger partial charge in [-0.1, -0.05) is 170 Å². The number of fused-ring (bicyclic) bond motifs is 17. The van der Waals surface area contributed by atoms with Crippen molar-refractivity contribution < 1.29 is 0 Å². The quantitative estimate of drug-likeness (QED) is 0.164. The van der Waals surface area contributed by atoms with Crippen LogP contribution in [0.25, 0.3) is 124 Å². The van der Waals surface area contributed by atoms with E-state index in [1.54, 1.807) is 0 Å². The Morgan fingerprint density at radius 1 is 0.362 bits per heavy atom. The van der Waals surface area contributed by atoms with Crippen molar-refractivity contribution in [3.63, 3.8) is 0 Å². The van der Waals surface area contributed by atoms with Gasteiger partial charge in [-0.3, -0.25) is 4.40 Å². The van der Waals surface area contributed by atoms with Gasteiger partial charge in [0.05, 0.1) is 21.4 Å². The van der Waals surface area contributed by atoms with Crippen LogP contribution in [0.15, 0.2) is 194 Å². The lowest BCUT2D eigenvalue weighted by atomic mass is 9.92. The number of aromatic nitrogens is 2. The van der Waals surface area contributed by atoms with Crippen molar-refractivity contribution in [3.05, 3.63) is 194 Å². The summed E-state index contributed by atoms with van der Waals surface area (Å²) < 4.78 is 4.90. The molecule has 3 aromatic heterocycles. The summed E-state index contributed by atoms with van der Waals surface area (Å²) >= 11 is 1.85. The van der Waals surface area contributed by atoms with Gasteiger partial charge >= 0.3 is 0 Å². The molecular formula is C55H32N2S. The highest BCUT2D eigenvalue weighted by atomic mass is 32.1. The summed E-state index contributed by atoms with van der Waals surface area (Å²) in [5, 5.41) is 15.3. The van der Waals surface area contributed by atoms with E-state index in [4.69, 9.17) is 4.98 Å². The van der Waals surface area contributed by atoms with E-state index in [9.17, 15) is 0 Å². The number of pyridine rings is 1. The van der Waals surface area contributed by atoms with Crippen LogP contribution in [0, 0.1) is 0 Å². The first-order chi connectivity index (χ1) is 28.7. The predicted octanol–water partition coefficient (Wildman–Crippen LogP) is 15.6. The standard InChI is InChI=1S/C55H32N2S/c1-3-11-40-36(9-1)27-30-51-52(40)48-32-50(57-49-29-26-37-10-2-4-12-41(37)53(49)56-55(57)54(48)58-51)38-23-21-34(22-24-38)33-17-19-35(20-18-33)39-25-28-46-44-15-6-5-13-42(44)43-14-7-8-16-45(43)47(46)31-39/h1-32H. The van der Waals surface area contributed by atoms with Crippen molar-refractivity contribution in [2.24, 2.45) is 0 Å². The van der Waals surface area contributed by atoms with Crippen LogP contribution < -0.4 is 0 Å². The SMILES string of the molecule is c1ccc2c(c1)ccc1c2nc2c3sc4ccc5ccccc5c4c3cc(-c3ccc(-c4ccc(-c5ccc6c7ccccc7c7ccccc7c6c5)cc4)cc3)n12. The van der Waals surface area contributed by atoms with Gasteiger partial charge in [0.2, 0.25) is 0 Å². The Morgan fingerprint density at radius 2 is 0.862 bits per heavy atom. The van der Waals surface area contributed by atoms with E-state index in [1.807, 2.05) is 11.3 Å². The van der Waals surface area contributed by atoms with E-state index in [-0.39, 0.29) is 0 Å². The van der Waals surface area contributed by atoms with E-state index in [0.29, 0.717) is 0 Å². The Balaban J connectivity index is 0.939. The Kier molecular flexibility index (Phi) is 6.63. The zero-order chi connectivity index (χ0) is 37.9. The molecule has 0 amide bonds. The number of imidazole rings is 1. The van der Waals surface area contributed by atoms with Crippen LogP contribution >= 0.6 is 11.3 Å². The average molecular weight is 753 g/mol. The minimum Gasteiger partial charge on any atom is -0.291 e. The summed E-state index contributed by atoms with van der Waals surface area (Å²) in [6.45, 7) is 0. The molecule has 0 saturated heterocycles.